The van der Waals surface area contributed by atoms with Gasteiger partial charge in [-0.25, -0.2) is 0 Å². The second kappa shape index (κ2) is 7.90. The van der Waals surface area contributed by atoms with E-state index in [0.29, 0.717) is 6.54 Å². The molecule has 2 unspecified atom stereocenters. The molecule has 0 fully saturated rings. The van der Waals surface area contributed by atoms with Crippen molar-refractivity contribution in [3.05, 3.63) is 30.3 Å². The lowest BCUT2D eigenvalue weighted by Gasteiger charge is -2.27. The van der Waals surface area contributed by atoms with Gasteiger partial charge in [0.2, 0.25) is 5.91 Å². The van der Waals surface area contributed by atoms with Gasteiger partial charge in [0.25, 0.3) is 0 Å². The van der Waals surface area contributed by atoms with E-state index in [2.05, 4.69) is 17.1 Å². The molecule has 0 aromatic heterocycles. The lowest BCUT2D eigenvalue weighted by Crippen LogP contribution is -2.41. The Hall–Kier alpha value is -1.55. The van der Waals surface area contributed by atoms with Gasteiger partial charge in [0.15, 0.2) is 0 Å². The molecule has 0 aliphatic carbocycles. The van der Waals surface area contributed by atoms with E-state index in [0.717, 1.165) is 5.69 Å². The maximum atomic E-state index is 11.7. The molecule has 0 saturated heterocycles. The molecule has 0 saturated carbocycles. The molecule has 0 bridgehead atoms. The number of nitrogens with one attached hydrogen (secondary N) is 1. The average molecular weight is 278 g/mol. The largest absolute Gasteiger partial charge is 0.392 e. The number of benzene rings is 1. The van der Waals surface area contributed by atoms with Crippen molar-refractivity contribution >= 4 is 11.6 Å². The van der Waals surface area contributed by atoms with Crippen LogP contribution in [0, 0.1) is 5.92 Å². The number of hydrogen-bond acceptors (Lipinski definition) is 3. The minimum absolute atomic E-state index is 0.0977. The quantitative estimate of drug-likeness (QED) is 0.802. The highest BCUT2D eigenvalue weighted by atomic mass is 16.3. The van der Waals surface area contributed by atoms with Crippen LogP contribution in [0.5, 0.6) is 0 Å². The van der Waals surface area contributed by atoms with E-state index < -0.39 is 6.10 Å². The van der Waals surface area contributed by atoms with E-state index in [1.54, 1.807) is 0 Å². The Labute approximate surface area is 121 Å². The summed E-state index contributed by atoms with van der Waals surface area (Å²) in [5.41, 5.74) is 1.12. The third kappa shape index (κ3) is 5.21. The summed E-state index contributed by atoms with van der Waals surface area (Å²) in [6, 6.07) is 10.3. The second-order valence-corrected chi connectivity index (χ2v) is 5.62. The van der Waals surface area contributed by atoms with Crippen molar-refractivity contribution in [1.82, 2.24) is 5.32 Å². The molecule has 0 aliphatic heterocycles. The number of likely N-dealkylation sites (N-methyl/N-ethyl adjacent to an activating group) is 1. The smallest absolute Gasteiger partial charge is 0.222 e. The molecular weight excluding hydrogens is 252 g/mol. The molecule has 0 radical (unpaired) electrons. The molecule has 0 heterocycles. The summed E-state index contributed by atoms with van der Waals surface area (Å²) < 4.78 is 0. The van der Waals surface area contributed by atoms with E-state index in [4.69, 9.17) is 0 Å². The Morgan fingerprint density at radius 1 is 1.25 bits per heavy atom. The fraction of sp³-hybridized carbons (Fsp3) is 0.562. The van der Waals surface area contributed by atoms with Crippen LogP contribution in [0.15, 0.2) is 30.3 Å². The summed E-state index contributed by atoms with van der Waals surface area (Å²) in [6.07, 6.45) is -0.406. The summed E-state index contributed by atoms with van der Waals surface area (Å²) in [5, 5.41) is 12.6. The first-order valence-corrected chi connectivity index (χ1v) is 7.14. The maximum absolute atomic E-state index is 11.7. The van der Waals surface area contributed by atoms with Gasteiger partial charge < -0.3 is 15.3 Å². The van der Waals surface area contributed by atoms with Crippen molar-refractivity contribution < 1.29 is 9.90 Å². The van der Waals surface area contributed by atoms with Gasteiger partial charge in [-0.05, 0) is 25.0 Å². The first-order valence-electron chi connectivity index (χ1n) is 7.14. The molecule has 0 spiro atoms. The molecule has 1 aromatic rings. The van der Waals surface area contributed by atoms with Crippen molar-refractivity contribution in [2.75, 3.05) is 18.5 Å². The number of rotatable bonds is 7. The van der Waals surface area contributed by atoms with Crippen molar-refractivity contribution in [3.63, 3.8) is 0 Å². The van der Waals surface area contributed by atoms with Gasteiger partial charge >= 0.3 is 0 Å². The van der Waals surface area contributed by atoms with Gasteiger partial charge in [0, 0.05) is 25.3 Å². The van der Waals surface area contributed by atoms with E-state index in [1.807, 2.05) is 51.2 Å². The van der Waals surface area contributed by atoms with Crippen molar-refractivity contribution in [3.8, 4) is 0 Å². The Balaban J connectivity index is 2.39. The Kier molecular flexibility index (Phi) is 6.52. The average Bonchev–Trinajstić information content (AvgIpc) is 2.44. The van der Waals surface area contributed by atoms with Gasteiger partial charge in [0.1, 0.15) is 0 Å². The van der Waals surface area contributed by atoms with Crippen LogP contribution in [0.3, 0.4) is 0 Å². The second-order valence-electron chi connectivity index (χ2n) is 5.62. The number of aliphatic hydroxyl groups is 1. The van der Waals surface area contributed by atoms with Gasteiger partial charge in [-0.3, -0.25) is 4.79 Å². The predicted octanol–water partition coefficient (Wildman–Crippen LogP) is 2.03. The molecule has 4 nitrogen and oxygen atoms in total. The zero-order valence-electron chi connectivity index (χ0n) is 12.8. The lowest BCUT2D eigenvalue weighted by atomic mass is 10.0. The van der Waals surface area contributed by atoms with E-state index in [9.17, 15) is 9.90 Å². The molecule has 0 aliphatic rings. The molecule has 4 heteroatoms. The third-order valence-electron chi connectivity index (χ3n) is 3.58. The van der Waals surface area contributed by atoms with Gasteiger partial charge in [-0.2, -0.15) is 0 Å². The van der Waals surface area contributed by atoms with Gasteiger partial charge in [-0.1, -0.05) is 32.0 Å². The highest BCUT2D eigenvalue weighted by Gasteiger charge is 2.16. The zero-order chi connectivity index (χ0) is 15.1. The topological polar surface area (TPSA) is 52.6 Å². The zero-order valence-corrected chi connectivity index (χ0v) is 12.8. The Morgan fingerprint density at radius 2 is 1.85 bits per heavy atom. The number of amides is 1. The summed E-state index contributed by atoms with van der Waals surface area (Å²) in [4.78, 5) is 13.9. The minimum Gasteiger partial charge on any atom is -0.392 e. The number of hydrogen-bond donors (Lipinski definition) is 2. The molecule has 2 atom stereocenters. The molecule has 1 rings (SSSR count). The fourth-order valence-corrected chi connectivity index (χ4v) is 1.81. The molecule has 2 N–H and O–H groups in total. The molecule has 1 amide bonds. The normalized spacial score (nSPS) is 13.9. The van der Waals surface area contributed by atoms with Crippen LogP contribution in [0.2, 0.25) is 0 Å². The van der Waals surface area contributed by atoms with Gasteiger partial charge in [-0.15, -0.1) is 0 Å². The number of carbonyl (C=O) groups is 1. The number of carbonyl (C=O) groups excluding carboxylic acids is 1. The fourth-order valence-electron chi connectivity index (χ4n) is 1.81. The Bertz CT molecular complexity index is 406. The van der Waals surface area contributed by atoms with Crippen LogP contribution in [0.1, 0.15) is 27.2 Å². The highest BCUT2D eigenvalue weighted by Crippen LogP contribution is 2.13. The predicted molar refractivity (Wildman–Crippen MR) is 82.8 cm³/mol. The number of aliphatic hydroxyl groups excluding tert-OH is 1. The summed E-state index contributed by atoms with van der Waals surface area (Å²) in [6.45, 7) is 6.44. The SMILES string of the molecule is CC(C)C(O)CC(=O)NCC(C)N(C)c1ccccc1. The van der Waals surface area contributed by atoms with Crippen LogP contribution in [-0.2, 0) is 4.79 Å². The van der Waals surface area contributed by atoms with Crippen LogP contribution < -0.4 is 10.2 Å². The molecule has 1 aromatic carbocycles. The standard InChI is InChI=1S/C16H26N2O2/c1-12(2)15(19)10-16(20)17-11-13(3)18(4)14-8-6-5-7-9-14/h5-9,12-13,15,19H,10-11H2,1-4H3,(H,17,20). The summed E-state index contributed by atoms with van der Waals surface area (Å²) in [5.74, 6) is 0.00433. The number of anilines is 1. The van der Waals surface area contributed by atoms with Crippen molar-refractivity contribution in [1.29, 1.82) is 0 Å². The minimum atomic E-state index is -0.572. The lowest BCUT2D eigenvalue weighted by molar-refractivity contribution is -0.123. The van der Waals surface area contributed by atoms with E-state index in [-0.39, 0.29) is 24.3 Å². The number of para-hydroxylation sites is 1. The van der Waals surface area contributed by atoms with E-state index >= 15 is 0 Å². The third-order valence-corrected chi connectivity index (χ3v) is 3.58. The highest BCUT2D eigenvalue weighted by molar-refractivity contribution is 5.76. The first kappa shape index (κ1) is 16.5. The number of nitrogens with zero attached hydrogens (tertiary/aromatic N) is 1. The summed E-state index contributed by atoms with van der Waals surface area (Å²) >= 11 is 0. The molecular formula is C16H26N2O2. The summed E-state index contributed by atoms with van der Waals surface area (Å²) in [7, 11) is 2.01. The van der Waals surface area contributed by atoms with Crippen molar-refractivity contribution in [2.45, 2.75) is 39.3 Å². The van der Waals surface area contributed by atoms with Crippen LogP contribution >= 0.6 is 0 Å². The van der Waals surface area contributed by atoms with Gasteiger partial charge in [0.05, 0.1) is 12.5 Å². The maximum Gasteiger partial charge on any atom is 0.222 e. The van der Waals surface area contributed by atoms with Crippen LogP contribution in [0.25, 0.3) is 0 Å². The van der Waals surface area contributed by atoms with E-state index in [1.165, 1.54) is 0 Å². The van der Waals surface area contributed by atoms with Crippen LogP contribution in [0.4, 0.5) is 5.69 Å². The van der Waals surface area contributed by atoms with Crippen molar-refractivity contribution in [2.24, 2.45) is 5.92 Å². The molecule has 112 valence electrons. The first-order chi connectivity index (χ1) is 9.41. The van der Waals surface area contributed by atoms with Crippen LogP contribution in [-0.4, -0.2) is 36.8 Å². The Morgan fingerprint density at radius 3 is 2.40 bits per heavy atom. The monoisotopic (exact) mass is 278 g/mol. The molecule has 20 heavy (non-hydrogen) atoms.